The Bertz CT molecular complexity index is 554. The molecule has 144 valence electrons. The van der Waals surface area contributed by atoms with Crippen LogP contribution in [0.25, 0.3) is 0 Å². The first-order chi connectivity index (χ1) is 11.4. The van der Waals surface area contributed by atoms with E-state index in [2.05, 4.69) is 58.8 Å². The summed E-state index contributed by atoms with van der Waals surface area (Å²) in [6, 6.07) is 0. The van der Waals surface area contributed by atoms with Gasteiger partial charge in [0, 0.05) is 5.41 Å². The molecule has 0 bridgehead atoms. The molecule has 0 saturated carbocycles. The van der Waals surface area contributed by atoms with Crippen LogP contribution < -0.4 is 0 Å². The van der Waals surface area contributed by atoms with Crippen molar-refractivity contribution in [1.29, 1.82) is 0 Å². The lowest BCUT2D eigenvalue weighted by molar-refractivity contribution is 0.0419. The summed E-state index contributed by atoms with van der Waals surface area (Å²) in [5.74, 6) is 3.16. The lowest BCUT2D eigenvalue weighted by Gasteiger charge is -2.44. The lowest BCUT2D eigenvalue weighted by Crippen LogP contribution is -2.47. The van der Waals surface area contributed by atoms with Gasteiger partial charge in [0.15, 0.2) is 0 Å². The van der Waals surface area contributed by atoms with E-state index in [0.717, 1.165) is 11.6 Å². The summed E-state index contributed by atoms with van der Waals surface area (Å²) in [4.78, 5) is 0. The van der Waals surface area contributed by atoms with Gasteiger partial charge in [0.25, 0.3) is 0 Å². The van der Waals surface area contributed by atoms with E-state index in [0.29, 0.717) is 29.8 Å². The van der Waals surface area contributed by atoms with Crippen LogP contribution in [0.5, 0.6) is 0 Å². The van der Waals surface area contributed by atoms with Crippen molar-refractivity contribution in [2.75, 3.05) is 13.2 Å². The van der Waals surface area contributed by atoms with Crippen LogP contribution >= 0.6 is 7.75 Å². The van der Waals surface area contributed by atoms with Crippen LogP contribution in [0.1, 0.15) is 61.8 Å². The van der Waals surface area contributed by atoms with Gasteiger partial charge in [-0.25, -0.2) is 4.57 Å². The molecule has 0 aromatic heterocycles. The topological polar surface area (TPSA) is 47.9 Å². The van der Waals surface area contributed by atoms with Crippen LogP contribution in [0.3, 0.4) is 0 Å². The number of hydrogen-bond donors (Lipinski definition) is 0. The Balaban J connectivity index is 3.39. The van der Waals surface area contributed by atoms with Gasteiger partial charge in [-0.2, -0.15) is 0 Å². The molecule has 1 fully saturated rings. The molecule has 1 rings (SSSR count). The molecule has 6 heteroatoms. The Morgan fingerprint density at radius 3 is 1.96 bits per heavy atom. The quantitative estimate of drug-likeness (QED) is 0.216. The molecule has 1 saturated heterocycles. The molecule has 1 aliphatic heterocycles. The van der Waals surface area contributed by atoms with E-state index in [1.165, 1.54) is 0 Å². The number of hydrogen-bond acceptors (Lipinski definition) is 3. The van der Waals surface area contributed by atoms with Gasteiger partial charge in [0.05, 0.1) is 13.2 Å². The van der Waals surface area contributed by atoms with Crippen molar-refractivity contribution < 1.29 is 13.6 Å². The second-order valence-electron chi connectivity index (χ2n) is 8.76. The third kappa shape index (κ3) is 5.05. The second kappa shape index (κ2) is 8.50. The van der Waals surface area contributed by atoms with Gasteiger partial charge < -0.3 is 0 Å². The van der Waals surface area contributed by atoms with Gasteiger partial charge in [0.1, 0.15) is 8.07 Å². The Kier molecular flexibility index (Phi) is 7.68. The summed E-state index contributed by atoms with van der Waals surface area (Å²) in [6.45, 7) is 22.4. The number of rotatable bonds is 7. The Hall–Kier alpha value is -0.443. The van der Waals surface area contributed by atoms with Crippen molar-refractivity contribution in [2.24, 2.45) is 10.2 Å². The minimum Gasteiger partial charge on any atom is -0.290 e. The van der Waals surface area contributed by atoms with Gasteiger partial charge >= 0.3 is 7.75 Å². The standard InChI is InChI=1S/C19H36NO3PSi/c1-10-11-18(25(15(2)3,16(4)5)17(6)7)12-20-24(21)22-13-19(8,9)14-23-24/h10,15-17H,1,11,13-14H2,2-9H3. The first kappa shape index (κ1) is 22.6. The van der Waals surface area contributed by atoms with E-state index >= 15 is 0 Å². The van der Waals surface area contributed by atoms with Crippen LogP contribution in [-0.2, 0) is 13.6 Å². The van der Waals surface area contributed by atoms with Crippen LogP contribution in [0.15, 0.2) is 22.6 Å². The summed E-state index contributed by atoms with van der Waals surface area (Å²) < 4.78 is 28.0. The zero-order valence-corrected chi connectivity index (χ0v) is 19.2. The summed E-state index contributed by atoms with van der Waals surface area (Å²) >= 11 is 0. The molecule has 0 aromatic carbocycles. The van der Waals surface area contributed by atoms with E-state index in [1.807, 2.05) is 19.9 Å². The third-order valence-electron chi connectivity index (χ3n) is 5.28. The summed E-state index contributed by atoms with van der Waals surface area (Å²) in [5.41, 5.74) is 1.44. The van der Waals surface area contributed by atoms with Gasteiger partial charge in [-0.1, -0.05) is 61.5 Å². The molecule has 0 amide bonds. The van der Waals surface area contributed by atoms with Crippen molar-refractivity contribution >= 4 is 21.7 Å². The molecule has 0 atom stereocenters. The van der Waals surface area contributed by atoms with Crippen molar-refractivity contribution in [1.82, 2.24) is 0 Å². The van der Waals surface area contributed by atoms with Gasteiger partial charge in [-0.15, -0.1) is 11.3 Å². The zero-order chi connectivity index (χ0) is 19.5. The molecule has 4 nitrogen and oxygen atoms in total. The highest BCUT2D eigenvalue weighted by molar-refractivity contribution is 7.52. The molecular formula is C19H36NO3PSi. The molecule has 1 aliphatic rings. The number of nitrogens with zero attached hydrogens (tertiary/aromatic N) is 1. The molecule has 0 N–H and O–H groups in total. The molecule has 0 spiro atoms. The fraction of sp³-hybridized carbons (Fsp3) is 0.789. The summed E-state index contributed by atoms with van der Waals surface area (Å²) in [6.07, 6.45) is 2.62. The minimum atomic E-state index is -3.45. The Morgan fingerprint density at radius 1 is 1.16 bits per heavy atom. The predicted octanol–water partition coefficient (Wildman–Crippen LogP) is 6.56. The fourth-order valence-corrected chi connectivity index (χ4v) is 12.7. The van der Waals surface area contributed by atoms with Crippen molar-refractivity contribution in [3.05, 3.63) is 17.9 Å². The molecule has 0 aliphatic carbocycles. The van der Waals surface area contributed by atoms with Crippen LogP contribution in [0, 0.1) is 5.41 Å². The predicted molar refractivity (Wildman–Crippen MR) is 110 cm³/mol. The SMILES string of the molecule is C=CCC(=C=NP1(=O)OCC(C)(C)CO1)[Si](C(C)C)(C(C)C)C(C)C. The van der Waals surface area contributed by atoms with Crippen LogP contribution in [0.2, 0.25) is 16.6 Å². The molecule has 0 aromatic rings. The fourth-order valence-electron chi connectivity index (χ4n) is 4.28. The zero-order valence-electron chi connectivity index (χ0n) is 17.3. The van der Waals surface area contributed by atoms with E-state index < -0.39 is 15.8 Å². The van der Waals surface area contributed by atoms with Gasteiger partial charge in [-0.05, 0) is 34.1 Å². The van der Waals surface area contributed by atoms with Crippen molar-refractivity contribution in [3.8, 4) is 0 Å². The third-order valence-corrected chi connectivity index (χ3v) is 13.6. The molecule has 0 unspecified atom stereocenters. The van der Waals surface area contributed by atoms with Crippen LogP contribution in [0.4, 0.5) is 0 Å². The first-order valence-corrected chi connectivity index (χ1v) is 13.0. The highest BCUT2D eigenvalue weighted by Gasteiger charge is 2.46. The smallest absolute Gasteiger partial charge is 0.290 e. The lowest BCUT2D eigenvalue weighted by atomic mass is 9.97. The average molecular weight is 386 g/mol. The molecule has 0 radical (unpaired) electrons. The van der Waals surface area contributed by atoms with E-state index in [1.54, 1.807) is 0 Å². The first-order valence-electron chi connectivity index (χ1n) is 9.26. The largest absolute Gasteiger partial charge is 0.461 e. The Morgan fingerprint density at radius 2 is 1.60 bits per heavy atom. The molecule has 1 heterocycles. The number of allylic oxidation sites excluding steroid dienone is 2. The normalized spacial score (nSPS) is 19.8. The minimum absolute atomic E-state index is 0.136. The maximum atomic E-state index is 12.8. The second-order valence-corrected chi connectivity index (χ2v) is 16.3. The van der Waals surface area contributed by atoms with Gasteiger partial charge in [-0.3, -0.25) is 9.05 Å². The average Bonchev–Trinajstić information content (AvgIpc) is 2.48. The summed E-state index contributed by atoms with van der Waals surface area (Å²) in [5, 5.41) is 1.16. The van der Waals surface area contributed by atoms with E-state index in [9.17, 15) is 4.57 Å². The maximum Gasteiger partial charge on any atom is 0.461 e. The Labute approximate surface area is 155 Å². The van der Waals surface area contributed by atoms with Crippen molar-refractivity contribution in [2.45, 2.75) is 78.4 Å². The van der Waals surface area contributed by atoms with Crippen molar-refractivity contribution in [3.63, 3.8) is 0 Å². The highest BCUT2D eigenvalue weighted by atomic mass is 31.2. The molecule has 25 heavy (non-hydrogen) atoms. The van der Waals surface area contributed by atoms with E-state index in [4.69, 9.17) is 9.05 Å². The summed E-state index contributed by atoms with van der Waals surface area (Å²) in [7, 11) is -5.37. The van der Waals surface area contributed by atoms with Crippen LogP contribution in [-0.4, -0.2) is 27.2 Å². The highest BCUT2D eigenvalue weighted by Crippen LogP contribution is 2.55. The monoisotopic (exact) mass is 385 g/mol. The van der Waals surface area contributed by atoms with E-state index in [-0.39, 0.29) is 5.41 Å². The van der Waals surface area contributed by atoms with Gasteiger partial charge in [0.2, 0.25) is 0 Å². The maximum absolute atomic E-state index is 12.8. The molecular weight excluding hydrogens is 349 g/mol.